The van der Waals surface area contributed by atoms with E-state index in [1.54, 1.807) is 13.1 Å². The standard InChI is InChI=1S/C22H23N3O6S2/c1-17-14-18(26)16-19(15-17)31-33(29,30)21-7-3-2-6-20(21)32(27,28)25-12-10-24(11-13-25)22-8-4-5-9-23-22/h2-9,14-16,26H,10-13H2,1H3. The number of benzene rings is 2. The van der Waals surface area contributed by atoms with Gasteiger partial charge in [-0.25, -0.2) is 13.4 Å². The van der Waals surface area contributed by atoms with Crippen molar-refractivity contribution in [3.05, 3.63) is 72.4 Å². The number of phenolic OH excluding ortho intramolecular Hbond substituents is 1. The molecule has 33 heavy (non-hydrogen) atoms. The number of piperazine rings is 1. The molecule has 2 heterocycles. The second-order valence-electron chi connectivity index (χ2n) is 7.57. The van der Waals surface area contributed by atoms with Crippen LogP contribution in [-0.4, -0.2) is 57.4 Å². The Labute approximate surface area is 193 Å². The van der Waals surface area contributed by atoms with Crippen LogP contribution in [0.2, 0.25) is 0 Å². The number of rotatable bonds is 6. The van der Waals surface area contributed by atoms with Gasteiger partial charge in [-0.3, -0.25) is 0 Å². The number of hydrogen-bond acceptors (Lipinski definition) is 8. The first kappa shape index (κ1) is 23.0. The van der Waals surface area contributed by atoms with Crippen molar-refractivity contribution in [1.29, 1.82) is 0 Å². The summed E-state index contributed by atoms with van der Waals surface area (Å²) in [6, 6.07) is 14.9. The first-order chi connectivity index (χ1) is 15.7. The van der Waals surface area contributed by atoms with E-state index in [9.17, 15) is 21.9 Å². The number of sulfonamides is 1. The van der Waals surface area contributed by atoms with Crippen LogP contribution in [0.3, 0.4) is 0 Å². The SMILES string of the molecule is Cc1cc(O)cc(OS(=O)(=O)c2ccccc2S(=O)(=O)N2CCN(c3ccccn3)CC2)c1. The van der Waals surface area contributed by atoms with Crippen LogP contribution in [0.15, 0.2) is 76.7 Å². The quantitative estimate of drug-likeness (QED) is 0.525. The number of aromatic hydroxyl groups is 1. The molecule has 11 heteroatoms. The number of phenols is 1. The number of aryl methyl sites for hydroxylation is 1. The van der Waals surface area contributed by atoms with Gasteiger partial charge >= 0.3 is 10.1 Å². The first-order valence-electron chi connectivity index (χ1n) is 10.2. The lowest BCUT2D eigenvalue weighted by molar-refractivity contribution is 0.382. The van der Waals surface area contributed by atoms with E-state index < -0.39 is 25.0 Å². The fourth-order valence-corrected chi connectivity index (χ4v) is 6.77. The Bertz CT molecular complexity index is 1330. The average molecular weight is 490 g/mol. The molecule has 9 nitrogen and oxygen atoms in total. The highest BCUT2D eigenvalue weighted by atomic mass is 32.2. The minimum atomic E-state index is -4.49. The highest BCUT2D eigenvalue weighted by Crippen LogP contribution is 2.29. The van der Waals surface area contributed by atoms with Gasteiger partial charge in [0.15, 0.2) is 0 Å². The van der Waals surface area contributed by atoms with Gasteiger partial charge in [-0.05, 0) is 48.9 Å². The van der Waals surface area contributed by atoms with E-state index in [2.05, 4.69) is 4.98 Å². The molecule has 0 spiro atoms. The summed E-state index contributed by atoms with van der Waals surface area (Å²) in [7, 11) is -8.60. The molecule has 174 valence electrons. The zero-order valence-electron chi connectivity index (χ0n) is 17.8. The lowest BCUT2D eigenvalue weighted by Crippen LogP contribution is -2.49. The Morgan fingerprint density at radius 1 is 0.879 bits per heavy atom. The Balaban J connectivity index is 1.60. The normalized spacial score (nSPS) is 15.4. The van der Waals surface area contributed by atoms with Crippen LogP contribution in [0.1, 0.15) is 5.56 Å². The molecular weight excluding hydrogens is 466 g/mol. The van der Waals surface area contributed by atoms with Gasteiger partial charge in [-0.1, -0.05) is 18.2 Å². The summed E-state index contributed by atoms with van der Waals surface area (Å²) in [5.74, 6) is 0.489. The van der Waals surface area contributed by atoms with E-state index in [0.717, 1.165) is 11.9 Å². The minimum absolute atomic E-state index is 0.108. The summed E-state index contributed by atoms with van der Waals surface area (Å²) >= 11 is 0. The predicted molar refractivity (Wildman–Crippen MR) is 122 cm³/mol. The molecule has 0 aliphatic carbocycles. The predicted octanol–water partition coefficient (Wildman–Crippen LogP) is 2.37. The van der Waals surface area contributed by atoms with Gasteiger partial charge in [0, 0.05) is 38.4 Å². The van der Waals surface area contributed by atoms with Gasteiger partial charge in [0.1, 0.15) is 27.1 Å². The van der Waals surface area contributed by atoms with Crippen LogP contribution in [0.4, 0.5) is 5.82 Å². The van der Waals surface area contributed by atoms with Gasteiger partial charge < -0.3 is 14.2 Å². The largest absolute Gasteiger partial charge is 0.508 e. The lowest BCUT2D eigenvalue weighted by Gasteiger charge is -2.34. The number of pyridine rings is 1. The summed E-state index contributed by atoms with van der Waals surface area (Å²) in [4.78, 5) is 5.45. The van der Waals surface area contributed by atoms with Crippen molar-refractivity contribution in [3.63, 3.8) is 0 Å². The van der Waals surface area contributed by atoms with Crippen LogP contribution < -0.4 is 9.08 Å². The topological polar surface area (TPSA) is 117 Å². The van der Waals surface area contributed by atoms with Crippen molar-refractivity contribution in [2.75, 3.05) is 31.1 Å². The van der Waals surface area contributed by atoms with E-state index >= 15 is 0 Å². The molecule has 3 aromatic rings. The van der Waals surface area contributed by atoms with Gasteiger partial charge in [0.05, 0.1) is 0 Å². The Morgan fingerprint density at radius 2 is 1.55 bits per heavy atom. The van der Waals surface area contributed by atoms with Crippen LogP contribution in [0, 0.1) is 6.92 Å². The molecule has 0 amide bonds. The maximum absolute atomic E-state index is 13.4. The highest BCUT2D eigenvalue weighted by molar-refractivity contribution is 7.91. The molecule has 1 fully saturated rings. The van der Waals surface area contributed by atoms with Gasteiger partial charge in [-0.2, -0.15) is 12.7 Å². The van der Waals surface area contributed by atoms with Crippen LogP contribution in [-0.2, 0) is 20.1 Å². The van der Waals surface area contributed by atoms with Crippen LogP contribution in [0.25, 0.3) is 0 Å². The van der Waals surface area contributed by atoms with Crippen molar-refractivity contribution in [3.8, 4) is 11.5 Å². The average Bonchev–Trinajstić information content (AvgIpc) is 2.79. The molecule has 1 aliphatic heterocycles. The van der Waals surface area contributed by atoms with Gasteiger partial charge in [0.2, 0.25) is 10.0 Å². The van der Waals surface area contributed by atoms with Crippen molar-refractivity contribution in [1.82, 2.24) is 9.29 Å². The fraction of sp³-hybridized carbons (Fsp3) is 0.227. The monoisotopic (exact) mass is 489 g/mol. The lowest BCUT2D eigenvalue weighted by atomic mass is 10.2. The second kappa shape index (κ2) is 9.00. The molecule has 0 bridgehead atoms. The molecule has 1 N–H and O–H groups in total. The third-order valence-electron chi connectivity index (χ3n) is 5.19. The zero-order valence-corrected chi connectivity index (χ0v) is 19.5. The minimum Gasteiger partial charge on any atom is -0.508 e. The third-order valence-corrected chi connectivity index (χ3v) is 8.58. The molecule has 1 aromatic heterocycles. The van der Waals surface area contributed by atoms with E-state index in [0.29, 0.717) is 18.7 Å². The second-order valence-corrected chi connectivity index (χ2v) is 11.0. The summed E-state index contributed by atoms with van der Waals surface area (Å²) < 4.78 is 59.2. The van der Waals surface area contributed by atoms with E-state index in [4.69, 9.17) is 4.18 Å². The summed E-state index contributed by atoms with van der Waals surface area (Å²) in [6.45, 7) is 2.87. The molecule has 0 radical (unpaired) electrons. The fourth-order valence-electron chi connectivity index (χ4n) is 3.66. The molecular formula is C22H23N3O6S2. The van der Waals surface area contributed by atoms with Crippen molar-refractivity contribution in [2.45, 2.75) is 16.7 Å². The van der Waals surface area contributed by atoms with Gasteiger partial charge in [-0.15, -0.1) is 0 Å². The summed E-state index contributed by atoms with van der Waals surface area (Å²) in [6.07, 6.45) is 1.67. The maximum Gasteiger partial charge on any atom is 0.340 e. The van der Waals surface area contributed by atoms with Crippen LogP contribution in [0.5, 0.6) is 11.5 Å². The zero-order chi connectivity index (χ0) is 23.6. The summed E-state index contributed by atoms with van der Waals surface area (Å²) in [5.41, 5.74) is 0.590. The van der Waals surface area contributed by atoms with E-state index in [1.165, 1.54) is 40.7 Å². The Kier molecular flexibility index (Phi) is 6.28. The third kappa shape index (κ3) is 4.95. The first-order valence-corrected chi connectivity index (χ1v) is 13.0. The van der Waals surface area contributed by atoms with Crippen molar-refractivity contribution in [2.24, 2.45) is 0 Å². The highest BCUT2D eigenvalue weighted by Gasteiger charge is 2.34. The smallest absolute Gasteiger partial charge is 0.340 e. The van der Waals surface area contributed by atoms with Gasteiger partial charge in [0.25, 0.3) is 0 Å². The van der Waals surface area contributed by atoms with Crippen molar-refractivity contribution < 1.29 is 26.1 Å². The van der Waals surface area contributed by atoms with E-state index in [-0.39, 0.29) is 29.5 Å². The molecule has 2 aromatic carbocycles. The molecule has 0 saturated carbocycles. The Morgan fingerprint density at radius 3 is 2.18 bits per heavy atom. The molecule has 0 unspecified atom stereocenters. The summed E-state index contributed by atoms with van der Waals surface area (Å²) in [5, 5.41) is 9.73. The van der Waals surface area contributed by atoms with Crippen LogP contribution >= 0.6 is 0 Å². The van der Waals surface area contributed by atoms with Crippen molar-refractivity contribution >= 4 is 26.0 Å². The number of hydrogen-bond donors (Lipinski definition) is 1. The number of anilines is 1. The number of nitrogens with zero attached hydrogens (tertiary/aromatic N) is 3. The van der Waals surface area contributed by atoms with E-state index in [1.807, 2.05) is 23.1 Å². The molecule has 4 rings (SSSR count). The molecule has 0 atom stereocenters. The maximum atomic E-state index is 13.4. The number of aromatic nitrogens is 1. The molecule has 1 saturated heterocycles. The molecule has 1 aliphatic rings. The Hall–Kier alpha value is -3.15.